The minimum atomic E-state index is -3.56. The van der Waals surface area contributed by atoms with Crippen molar-refractivity contribution in [1.82, 2.24) is 0 Å². The molecule has 0 aromatic heterocycles. The van der Waals surface area contributed by atoms with Crippen LogP contribution in [0.3, 0.4) is 0 Å². The summed E-state index contributed by atoms with van der Waals surface area (Å²) in [4.78, 5) is 12.0. The first-order chi connectivity index (χ1) is 10.5. The maximum atomic E-state index is 13.1. The van der Waals surface area contributed by atoms with Crippen LogP contribution in [0.2, 0.25) is 0 Å². The van der Waals surface area contributed by atoms with Gasteiger partial charge < -0.3 is 0 Å². The Morgan fingerprint density at radius 2 is 1.77 bits per heavy atom. The van der Waals surface area contributed by atoms with E-state index in [0.29, 0.717) is 11.1 Å². The zero-order chi connectivity index (χ0) is 15.7. The lowest BCUT2D eigenvalue weighted by Gasteiger charge is -2.06. The number of carbonyl (C=O) groups excluding carboxylic acids is 1. The Kier molecular flexibility index (Phi) is 3.83. The second kappa shape index (κ2) is 5.65. The standard InChI is InChI=1S/C17H15FO3S/c18-15-3-1-2-12(10-15)11-22(20,21)16-8-6-14(7-9-16)17(19)13-4-5-13/h1-3,6-10,13H,4-5,11H2. The molecule has 0 spiro atoms. The van der Waals surface area contributed by atoms with Gasteiger partial charge in [-0.15, -0.1) is 0 Å². The Morgan fingerprint density at radius 1 is 1.09 bits per heavy atom. The van der Waals surface area contributed by atoms with Crippen molar-refractivity contribution in [1.29, 1.82) is 0 Å². The van der Waals surface area contributed by atoms with Gasteiger partial charge in [0, 0.05) is 11.5 Å². The molecule has 0 atom stereocenters. The summed E-state index contributed by atoms with van der Waals surface area (Å²) in [5.74, 6) is -0.539. The summed E-state index contributed by atoms with van der Waals surface area (Å²) in [6, 6.07) is 11.5. The summed E-state index contributed by atoms with van der Waals surface area (Å²) in [5, 5.41) is 0. The summed E-state index contributed by atoms with van der Waals surface area (Å²) in [6.45, 7) is 0. The molecular formula is C17H15FO3S. The summed E-state index contributed by atoms with van der Waals surface area (Å²) in [6.07, 6.45) is 1.83. The van der Waals surface area contributed by atoms with Gasteiger partial charge in [0.1, 0.15) is 5.82 Å². The highest BCUT2D eigenvalue weighted by Gasteiger charge is 2.30. The SMILES string of the molecule is O=C(c1ccc(S(=O)(=O)Cc2cccc(F)c2)cc1)C1CC1. The Morgan fingerprint density at radius 3 is 2.36 bits per heavy atom. The van der Waals surface area contributed by atoms with Crippen molar-refractivity contribution in [2.45, 2.75) is 23.5 Å². The van der Waals surface area contributed by atoms with E-state index in [2.05, 4.69) is 0 Å². The number of Topliss-reactive ketones (excluding diaryl/α,β-unsaturated/α-hetero) is 1. The molecule has 0 heterocycles. The number of halogens is 1. The van der Waals surface area contributed by atoms with E-state index in [1.807, 2.05) is 0 Å². The minimum Gasteiger partial charge on any atom is -0.294 e. The highest BCUT2D eigenvalue weighted by Crippen LogP contribution is 2.32. The van der Waals surface area contributed by atoms with Crippen LogP contribution in [0, 0.1) is 11.7 Å². The van der Waals surface area contributed by atoms with Crippen LogP contribution in [-0.2, 0) is 15.6 Å². The van der Waals surface area contributed by atoms with Gasteiger partial charge in [0.25, 0.3) is 0 Å². The second-order valence-corrected chi connectivity index (χ2v) is 7.54. The molecular weight excluding hydrogens is 303 g/mol. The molecule has 22 heavy (non-hydrogen) atoms. The fourth-order valence-corrected chi connectivity index (χ4v) is 3.67. The Hall–Kier alpha value is -2.01. The number of benzene rings is 2. The van der Waals surface area contributed by atoms with Gasteiger partial charge in [-0.1, -0.05) is 24.3 Å². The number of sulfone groups is 1. The number of hydrogen-bond acceptors (Lipinski definition) is 3. The van der Waals surface area contributed by atoms with Crippen molar-refractivity contribution in [2.75, 3.05) is 0 Å². The Balaban J connectivity index is 1.81. The van der Waals surface area contributed by atoms with Gasteiger partial charge in [0.05, 0.1) is 10.6 Å². The largest absolute Gasteiger partial charge is 0.294 e. The van der Waals surface area contributed by atoms with Crippen LogP contribution < -0.4 is 0 Å². The third kappa shape index (κ3) is 3.25. The lowest BCUT2D eigenvalue weighted by Crippen LogP contribution is -2.06. The molecule has 2 aromatic rings. The van der Waals surface area contributed by atoms with Gasteiger partial charge in [-0.25, -0.2) is 12.8 Å². The van der Waals surface area contributed by atoms with Crippen molar-refractivity contribution in [3.63, 3.8) is 0 Å². The molecule has 3 rings (SSSR count). The minimum absolute atomic E-state index is 0.0779. The molecule has 0 radical (unpaired) electrons. The van der Waals surface area contributed by atoms with Crippen LogP contribution in [0.1, 0.15) is 28.8 Å². The van der Waals surface area contributed by atoms with Crippen molar-refractivity contribution in [2.24, 2.45) is 5.92 Å². The zero-order valence-corrected chi connectivity index (χ0v) is 12.6. The van der Waals surface area contributed by atoms with Gasteiger partial charge in [0.2, 0.25) is 0 Å². The molecule has 1 aliphatic rings. The highest BCUT2D eigenvalue weighted by molar-refractivity contribution is 7.90. The van der Waals surface area contributed by atoms with Crippen molar-refractivity contribution >= 4 is 15.6 Å². The van der Waals surface area contributed by atoms with Gasteiger partial charge >= 0.3 is 0 Å². The van der Waals surface area contributed by atoms with E-state index in [0.717, 1.165) is 12.8 Å². The fourth-order valence-electron chi connectivity index (χ4n) is 2.34. The third-order valence-electron chi connectivity index (χ3n) is 3.69. The molecule has 0 amide bonds. The van der Waals surface area contributed by atoms with E-state index in [1.165, 1.54) is 30.3 Å². The summed E-state index contributed by atoms with van der Waals surface area (Å²) < 4.78 is 37.8. The van der Waals surface area contributed by atoms with Crippen LogP contribution in [0.5, 0.6) is 0 Å². The van der Waals surface area contributed by atoms with E-state index < -0.39 is 15.7 Å². The van der Waals surface area contributed by atoms with Crippen molar-refractivity contribution in [3.05, 3.63) is 65.5 Å². The molecule has 0 bridgehead atoms. The molecule has 2 aromatic carbocycles. The third-order valence-corrected chi connectivity index (χ3v) is 5.40. The van der Waals surface area contributed by atoms with Gasteiger partial charge in [0.15, 0.2) is 15.6 Å². The number of hydrogen-bond donors (Lipinski definition) is 0. The van der Waals surface area contributed by atoms with E-state index in [1.54, 1.807) is 18.2 Å². The number of ketones is 1. The predicted octanol–water partition coefficient (Wildman–Crippen LogP) is 3.39. The van der Waals surface area contributed by atoms with Crippen LogP contribution in [0.25, 0.3) is 0 Å². The number of carbonyl (C=O) groups is 1. The molecule has 0 N–H and O–H groups in total. The maximum Gasteiger partial charge on any atom is 0.182 e. The normalized spacial score (nSPS) is 14.8. The lowest BCUT2D eigenvalue weighted by atomic mass is 10.1. The lowest BCUT2D eigenvalue weighted by molar-refractivity contribution is 0.0967. The van der Waals surface area contributed by atoms with Crippen molar-refractivity contribution in [3.8, 4) is 0 Å². The van der Waals surface area contributed by atoms with Gasteiger partial charge in [-0.05, 0) is 42.7 Å². The molecule has 1 aliphatic carbocycles. The Labute approximate surface area is 128 Å². The fraction of sp³-hybridized carbons (Fsp3) is 0.235. The number of rotatable bonds is 5. The topological polar surface area (TPSA) is 51.2 Å². The first-order valence-corrected chi connectivity index (χ1v) is 8.72. The van der Waals surface area contributed by atoms with Crippen molar-refractivity contribution < 1.29 is 17.6 Å². The Bertz CT molecular complexity index is 806. The summed E-state index contributed by atoms with van der Waals surface area (Å²) in [5.41, 5.74) is 0.949. The molecule has 0 unspecified atom stereocenters. The maximum absolute atomic E-state index is 13.1. The van der Waals surface area contributed by atoms with E-state index in [9.17, 15) is 17.6 Å². The molecule has 0 aliphatic heterocycles. The van der Waals surface area contributed by atoms with E-state index in [4.69, 9.17) is 0 Å². The molecule has 0 saturated heterocycles. The first kappa shape index (κ1) is 14.9. The van der Waals surface area contributed by atoms with Gasteiger partial charge in [-0.2, -0.15) is 0 Å². The quantitative estimate of drug-likeness (QED) is 0.794. The van der Waals surface area contributed by atoms with Crippen LogP contribution in [0.4, 0.5) is 4.39 Å². The van der Waals surface area contributed by atoms with Gasteiger partial charge in [-0.3, -0.25) is 4.79 Å². The first-order valence-electron chi connectivity index (χ1n) is 7.07. The predicted molar refractivity (Wildman–Crippen MR) is 80.8 cm³/mol. The average Bonchev–Trinajstić information content (AvgIpc) is 3.31. The zero-order valence-electron chi connectivity index (χ0n) is 11.8. The summed E-state index contributed by atoms with van der Waals surface area (Å²) in [7, 11) is -3.56. The second-order valence-electron chi connectivity index (χ2n) is 5.55. The molecule has 114 valence electrons. The average molecular weight is 318 g/mol. The van der Waals surface area contributed by atoms with E-state index in [-0.39, 0.29) is 22.3 Å². The molecule has 1 fully saturated rings. The monoisotopic (exact) mass is 318 g/mol. The van der Waals surface area contributed by atoms with Crippen LogP contribution in [-0.4, -0.2) is 14.2 Å². The van der Waals surface area contributed by atoms with Crippen LogP contribution >= 0.6 is 0 Å². The molecule has 3 nitrogen and oxygen atoms in total. The van der Waals surface area contributed by atoms with E-state index >= 15 is 0 Å². The molecule has 1 saturated carbocycles. The molecule has 5 heteroatoms. The smallest absolute Gasteiger partial charge is 0.182 e. The summed E-state index contributed by atoms with van der Waals surface area (Å²) >= 11 is 0. The highest BCUT2D eigenvalue weighted by atomic mass is 32.2. The van der Waals surface area contributed by atoms with Crippen LogP contribution in [0.15, 0.2) is 53.4 Å².